The molecular weight excluding hydrogens is 300 g/mol. The van der Waals surface area contributed by atoms with E-state index in [1.54, 1.807) is 6.92 Å². The number of hydrogen-bond donors (Lipinski definition) is 1. The van der Waals surface area contributed by atoms with Crippen molar-refractivity contribution in [3.05, 3.63) is 11.6 Å². The van der Waals surface area contributed by atoms with E-state index in [9.17, 15) is 9.90 Å². The van der Waals surface area contributed by atoms with Gasteiger partial charge >= 0.3 is 0 Å². The smallest absolute Gasteiger partial charge is 0.156 e. The molecule has 3 nitrogen and oxygen atoms in total. The summed E-state index contributed by atoms with van der Waals surface area (Å²) in [6.07, 6.45) is 9.87. The highest BCUT2D eigenvalue weighted by Crippen LogP contribution is 2.73. The molecule has 24 heavy (non-hydrogen) atoms. The van der Waals surface area contributed by atoms with E-state index in [0.717, 1.165) is 44.1 Å². The van der Waals surface area contributed by atoms with Gasteiger partial charge in [0, 0.05) is 11.8 Å². The fourth-order valence-corrected chi connectivity index (χ4v) is 7.77. The number of fused-ring (bicyclic) bond motifs is 4. The quantitative estimate of drug-likeness (QED) is 0.747. The minimum atomic E-state index is -0.175. The molecule has 5 rings (SSSR count). The fraction of sp³-hybridized carbons (Fsp3) is 0.857. The molecule has 3 saturated carbocycles. The van der Waals surface area contributed by atoms with Crippen molar-refractivity contribution in [1.82, 2.24) is 0 Å². The van der Waals surface area contributed by atoms with Crippen molar-refractivity contribution >= 4 is 5.78 Å². The first kappa shape index (κ1) is 15.6. The molecule has 1 heterocycles. The molecule has 0 aromatic heterocycles. The Hall–Kier alpha value is -0.670. The number of ether oxygens (including phenoxy) is 1. The van der Waals surface area contributed by atoms with Crippen LogP contribution in [0, 0.1) is 28.6 Å². The topological polar surface area (TPSA) is 49.8 Å². The average Bonchev–Trinajstić information content (AvgIpc) is 3.08. The number of hydrogen-bond acceptors (Lipinski definition) is 3. The van der Waals surface area contributed by atoms with E-state index in [1.807, 2.05) is 0 Å². The monoisotopic (exact) mass is 330 g/mol. The summed E-state index contributed by atoms with van der Waals surface area (Å²) in [7, 11) is 0. The minimum Gasteiger partial charge on any atom is -0.393 e. The van der Waals surface area contributed by atoms with Gasteiger partial charge in [-0.25, -0.2) is 0 Å². The Kier molecular flexibility index (Phi) is 2.94. The summed E-state index contributed by atoms with van der Waals surface area (Å²) >= 11 is 0. The Bertz CT molecular complexity index is 639. The molecule has 0 radical (unpaired) electrons. The second-order valence-corrected chi connectivity index (χ2v) is 9.79. The van der Waals surface area contributed by atoms with Gasteiger partial charge in [0.2, 0.25) is 0 Å². The van der Waals surface area contributed by atoms with Crippen LogP contribution in [-0.4, -0.2) is 28.7 Å². The first-order chi connectivity index (χ1) is 11.3. The number of rotatable bonds is 1. The summed E-state index contributed by atoms with van der Waals surface area (Å²) in [5.41, 5.74) is 1.38. The molecule has 0 unspecified atom stereocenters. The lowest BCUT2D eigenvalue weighted by molar-refractivity contribution is -0.119. The lowest BCUT2D eigenvalue weighted by Gasteiger charge is -2.58. The van der Waals surface area contributed by atoms with E-state index < -0.39 is 0 Å². The number of allylic oxidation sites excluding steroid dienone is 2. The van der Waals surface area contributed by atoms with Gasteiger partial charge in [-0.15, -0.1) is 0 Å². The lowest BCUT2D eigenvalue weighted by Crippen LogP contribution is -2.58. The Morgan fingerprint density at radius 2 is 2.04 bits per heavy atom. The predicted molar refractivity (Wildman–Crippen MR) is 91.4 cm³/mol. The van der Waals surface area contributed by atoms with E-state index in [2.05, 4.69) is 19.9 Å². The predicted octanol–water partition coefficient (Wildman–Crippen LogP) is 3.65. The molecule has 1 aliphatic heterocycles. The second-order valence-electron chi connectivity index (χ2n) is 9.79. The normalized spacial score (nSPS) is 58.0. The fourth-order valence-electron chi connectivity index (χ4n) is 7.77. The van der Waals surface area contributed by atoms with Gasteiger partial charge in [-0.2, -0.15) is 0 Å². The Morgan fingerprint density at radius 3 is 2.79 bits per heavy atom. The zero-order valence-corrected chi connectivity index (χ0v) is 15.2. The van der Waals surface area contributed by atoms with Gasteiger partial charge in [-0.05, 0) is 74.2 Å². The molecule has 132 valence electrons. The van der Waals surface area contributed by atoms with Crippen molar-refractivity contribution in [1.29, 1.82) is 0 Å². The van der Waals surface area contributed by atoms with Crippen LogP contribution in [0.3, 0.4) is 0 Å². The molecule has 0 amide bonds. The third-order valence-corrected chi connectivity index (χ3v) is 9.02. The Balaban J connectivity index is 1.50. The zero-order chi connectivity index (χ0) is 16.9. The van der Waals surface area contributed by atoms with E-state index >= 15 is 0 Å². The van der Waals surface area contributed by atoms with Gasteiger partial charge in [0.15, 0.2) is 5.78 Å². The maximum Gasteiger partial charge on any atom is 0.156 e. The van der Waals surface area contributed by atoms with Gasteiger partial charge in [0.05, 0.1) is 12.2 Å². The van der Waals surface area contributed by atoms with Gasteiger partial charge in [-0.1, -0.05) is 19.9 Å². The zero-order valence-electron chi connectivity index (χ0n) is 15.2. The molecule has 0 bridgehead atoms. The van der Waals surface area contributed by atoms with Crippen molar-refractivity contribution in [2.75, 3.05) is 0 Å². The van der Waals surface area contributed by atoms with Gasteiger partial charge < -0.3 is 9.84 Å². The van der Waals surface area contributed by atoms with E-state index in [0.29, 0.717) is 23.9 Å². The maximum absolute atomic E-state index is 12.1. The third kappa shape index (κ3) is 1.64. The van der Waals surface area contributed by atoms with E-state index in [-0.39, 0.29) is 28.3 Å². The molecular formula is C21H30O3. The van der Waals surface area contributed by atoms with Gasteiger partial charge in [0.1, 0.15) is 5.60 Å². The Labute approximate surface area is 144 Å². The molecule has 4 aliphatic carbocycles. The van der Waals surface area contributed by atoms with Crippen molar-refractivity contribution in [2.24, 2.45) is 28.6 Å². The van der Waals surface area contributed by atoms with Crippen LogP contribution in [0.4, 0.5) is 0 Å². The maximum atomic E-state index is 12.1. The summed E-state index contributed by atoms with van der Waals surface area (Å²) in [5, 5.41) is 10.2. The van der Waals surface area contributed by atoms with Crippen LogP contribution in [0.1, 0.15) is 65.7 Å². The van der Waals surface area contributed by atoms with Crippen LogP contribution >= 0.6 is 0 Å². The van der Waals surface area contributed by atoms with Crippen LogP contribution < -0.4 is 0 Å². The van der Waals surface area contributed by atoms with Gasteiger partial charge in [0.25, 0.3) is 0 Å². The molecule has 1 saturated heterocycles. The van der Waals surface area contributed by atoms with E-state index in [1.165, 1.54) is 6.42 Å². The summed E-state index contributed by atoms with van der Waals surface area (Å²) in [5.74, 6) is 2.26. The van der Waals surface area contributed by atoms with Crippen LogP contribution in [-0.2, 0) is 9.53 Å². The summed E-state index contributed by atoms with van der Waals surface area (Å²) in [6, 6.07) is 0. The number of Topliss-reactive ketones (excluding diaryl/α,β-unsaturated/α-hetero) is 1. The molecule has 1 N–H and O–H groups in total. The number of ketones is 1. The average molecular weight is 330 g/mol. The molecule has 5 aliphatic rings. The number of epoxide rings is 1. The summed E-state index contributed by atoms with van der Waals surface area (Å²) in [6.45, 7) is 6.54. The number of carbonyl (C=O) groups excluding carboxylic acids is 1. The molecule has 4 fully saturated rings. The van der Waals surface area contributed by atoms with Crippen molar-refractivity contribution in [3.8, 4) is 0 Å². The third-order valence-electron chi connectivity index (χ3n) is 9.02. The first-order valence-corrected chi connectivity index (χ1v) is 9.89. The van der Waals surface area contributed by atoms with E-state index in [4.69, 9.17) is 4.74 Å². The second kappa shape index (κ2) is 4.54. The summed E-state index contributed by atoms with van der Waals surface area (Å²) in [4.78, 5) is 12.1. The largest absolute Gasteiger partial charge is 0.393 e. The highest BCUT2D eigenvalue weighted by molar-refractivity contribution is 5.95. The highest BCUT2D eigenvalue weighted by atomic mass is 16.6. The minimum absolute atomic E-state index is 0.0327. The number of aliphatic hydroxyl groups is 1. The molecule has 8 atom stereocenters. The molecule has 1 spiro atoms. The number of aliphatic hydroxyl groups excluding tert-OH is 1. The first-order valence-electron chi connectivity index (χ1n) is 9.89. The molecule has 3 heteroatoms. The highest BCUT2D eigenvalue weighted by Gasteiger charge is 2.75. The summed E-state index contributed by atoms with van der Waals surface area (Å²) < 4.78 is 6.35. The molecule has 0 aromatic carbocycles. The SMILES string of the molecule is CC(=O)C1=CC[C@@H]2[C@@H]3C[C@@H]4O[C@@]45C[C@H](O)CC[C@]5(C)[C@H]3CC[C@]12C. The standard InChI is InChI=1S/C21H30O3/c1-12(22)15-4-5-16-14-10-18-21(24-18)11-13(23)6-9-20(21,3)17(14)7-8-19(15,16)2/h4,13-14,16-18,23H,5-11H2,1-3H3/t13-,14+,16-,17+,18+,19-,20-,21+/m1/s1. The van der Waals surface area contributed by atoms with Crippen LogP contribution in [0.5, 0.6) is 0 Å². The van der Waals surface area contributed by atoms with Gasteiger partial charge in [-0.3, -0.25) is 4.79 Å². The number of carbonyl (C=O) groups is 1. The van der Waals surface area contributed by atoms with Crippen LogP contribution in [0.15, 0.2) is 11.6 Å². The van der Waals surface area contributed by atoms with Crippen LogP contribution in [0.25, 0.3) is 0 Å². The lowest BCUT2D eigenvalue weighted by atomic mass is 9.44. The van der Waals surface area contributed by atoms with Crippen molar-refractivity contribution in [2.45, 2.75) is 83.5 Å². The van der Waals surface area contributed by atoms with Crippen molar-refractivity contribution in [3.63, 3.8) is 0 Å². The molecule has 0 aromatic rings. The van der Waals surface area contributed by atoms with Crippen molar-refractivity contribution < 1.29 is 14.6 Å². The Morgan fingerprint density at radius 1 is 1.25 bits per heavy atom. The van der Waals surface area contributed by atoms with Crippen LogP contribution in [0.2, 0.25) is 0 Å².